The van der Waals surface area contributed by atoms with Crippen LogP contribution in [0.2, 0.25) is 0 Å². The maximum atomic E-state index is 12.5. The van der Waals surface area contributed by atoms with Crippen molar-refractivity contribution in [2.24, 2.45) is 11.3 Å². The van der Waals surface area contributed by atoms with Gasteiger partial charge in [-0.1, -0.05) is 5.16 Å². The van der Waals surface area contributed by atoms with Gasteiger partial charge in [0.2, 0.25) is 17.7 Å². The molecule has 2 heterocycles. The molecule has 0 radical (unpaired) electrons. The second-order valence-corrected chi connectivity index (χ2v) is 7.98. The molecule has 0 aromatic carbocycles. The molecule has 1 aliphatic heterocycles. The van der Waals surface area contributed by atoms with Gasteiger partial charge in [-0.2, -0.15) is 4.98 Å². The van der Waals surface area contributed by atoms with Crippen LogP contribution in [0.3, 0.4) is 0 Å². The van der Waals surface area contributed by atoms with E-state index >= 15 is 0 Å². The minimum atomic E-state index is -0.833. The number of carboxylic acids is 1. The Hall–Kier alpha value is -2.57. The summed E-state index contributed by atoms with van der Waals surface area (Å²) in [6, 6.07) is -0.448. The fraction of sp³-hybridized carbons (Fsp3) is 0.737. The Bertz CT molecular complexity index is 760. The summed E-state index contributed by atoms with van der Waals surface area (Å²) in [6.45, 7) is 4.03. The molecule has 174 valence electrons. The van der Waals surface area contributed by atoms with Crippen LogP contribution in [0.25, 0.3) is 0 Å². The van der Waals surface area contributed by atoms with Crippen LogP contribution in [0.5, 0.6) is 0 Å². The Morgan fingerprint density at radius 2 is 1.97 bits per heavy atom. The molecule has 31 heavy (non-hydrogen) atoms. The van der Waals surface area contributed by atoms with E-state index in [9.17, 15) is 14.7 Å². The lowest BCUT2D eigenvalue weighted by Crippen LogP contribution is -2.57. The highest BCUT2D eigenvalue weighted by atomic mass is 16.5. The van der Waals surface area contributed by atoms with Crippen LogP contribution in [0.15, 0.2) is 4.52 Å². The number of aromatic nitrogens is 2. The molecular weight excluding hydrogens is 412 g/mol. The monoisotopic (exact) mass is 442 g/mol. The van der Waals surface area contributed by atoms with Gasteiger partial charge in [0, 0.05) is 20.0 Å². The van der Waals surface area contributed by atoms with Crippen molar-refractivity contribution in [3.8, 4) is 0 Å². The molecule has 12 nitrogen and oxygen atoms in total. The Labute approximate surface area is 179 Å². The third kappa shape index (κ3) is 7.26. The second kappa shape index (κ2) is 11.2. The van der Waals surface area contributed by atoms with Crippen LogP contribution in [0, 0.1) is 11.3 Å². The number of carboxylic acid groups (broad SMARTS) is 1. The van der Waals surface area contributed by atoms with Crippen molar-refractivity contribution >= 4 is 17.8 Å². The van der Waals surface area contributed by atoms with Gasteiger partial charge in [-0.15, -0.1) is 0 Å². The number of aliphatic carboxylic acids is 1. The fourth-order valence-corrected chi connectivity index (χ4v) is 3.29. The number of carbonyl (C=O) groups is 3. The quantitative estimate of drug-likeness (QED) is 0.435. The molecule has 1 aliphatic carbocycles. The number of rotatable bonds is 7. The number of amides is 2. The predicted octanol–water partition coefficient (Wildman–Crippen LogP) is -0.395. The summed E-state index contributed by atoms with van der Waals surface area (Å²) in [7, 11) is 1.53. The first-order valence-electron chi connectivity index (χ1n) is 9.99. The minimum Gasteiger partial charge on any atom is -0.481 e. The van der Waals surface area contributed by atoms with E-state index in [1.165, 1.54) is 7.11 Å². The molecule has 0 spiro atoms. The first kappa shape index (κ1) is 24.7. The van der Waals surface area contributed by atoms with Crippen molar-refractivity contribution < 1.29 is 38.6 Å². The molecule has 0 bridgehead atoms. The van der Waals surface area contributed by atoms with Gasteiger partial charge in [-0.25, -0.2) is 0 Å². The van der Waals surface area contributed by atoms with Gasteiger partial charge in [0.25, 0.3) is 5.97 Å². The highest BCUT2D eigenvalue weighted by molar-refractivity contribution is 5.84. The van der Waals surface area contributed by atoms with Crippen molar-refractivity contribution in [2.75, 3.05) is 20.3 Å². The topological polar surface area (TPSA) is 173 Å². The molecule has 1 saturated heterocycles. The summed E-state index contributed by atoms with van der Waals surface area (Å²) >= 11 is 0. The number of hydrogen-bond donors (Lipinski definition) is 4. The first-order valence-corrected chi connectivity index (χ1v) is 9.99. The van der Waals surface area contributed by atoms with Gasteiger partial charge >= 0.3 is 0 Å². The van der Waals surface area contributed by atoms with Crippen LogP contribution < -0.4 is 10.6 Å². The zero-order chi connectivity index (χ0) is 23.0. The Balaban J connectivity index is 0.000000785. The summed E-state index contributed by atoms with van der Waals surface area (Å²) in [5.74, 6) is -0.723. The number of nitrogens with one attached hydrogen (secondary N) is 2. The van der Waals surface area contributed by atoms with E-state index in [0.717, 1.165) is 6.92 Å². The summed E-state index contributed by atoms with van der Waals surface area (Å²) < 4.78 is 15.1. The van der Waals surface area contributed by atoms with E-state index < -0.39 is 23.5 Å². The normalized spacial score (nSPS) is 24.2. The van der Waals surface area contributed by atoms with Crippen molar-refractivity contribution in [3.63, 3.8) is 0 Å². The molecule has 3 atom stereocenters. The molecule has 3 rings (SSSR count). The third-order valence-corrected chi connectivity index (χ3v) is 5.09. The first-order chi connectivity index (χ1) is 14.6. The van der Waals surface area contributed by atoms with Crippen molar-refractivity contribution in [2.45, 2.75) is 58.4 Å². The third-order valence-electron chi connectivity index (χ3n) is 5.09. The molecule has 0 unspecified atom stereocenters. The summed E-state index contributed by atoms with van der Waals surface area (Å²) in [5.41, 5.74) is -0.549. The van der Waals surface area contributed by atoms with Crippen LogP contribution >= 0.6 is 0 Å². The average molecular weight is 442 g/mol. The SMILES string of the molecule is CC(=O)O.COCc1noc(CNC(=O)[C@H]2CC[C@@H](O)[C@H](NC(=O)C3(C)COC3)C2)n1. The predicted molar refractivity (Wildman–Crippen MR) is 104 cm³/mol. The molecule has 2 fully saturated rings. The minimum absolute atomic E-state index is 0.126. The largest absolute Gasteiger partial charge is 0.481 e. The fourth-order valence-electron chi connectivity index (χ4n) is 3.29. The second-order valence-electron chi connectivity index (χ2n) is 7.98. The standard InChI is InChI=1S/C17H26N4O6.C2H4O2/c1-17(8-26-9-17)16(24)19-11-5-10(3-4-12(11)22)15(23)18-6-14-20-13(7-25-2)21-27-14;1-2(3)4/h10-12,22H,3-9H2,1-2H3,(H,18,23)(H,19,24);1H3,(H,3,4)/t10-,11+,12+;/m0./s1. The number of aliphatic hydroxyl groups is 1. The van der Waals surface area contributed by atoms with Crippen molar-refractivity contribution in [1.82, 2.24) is 20.8 Å². The van der Waals surface area contributed by atoms with E-state index in [1.54, 1.807) is 0 Å². The van der Waals surface area contributed by atoms with E-state index in [1.807, 2.05) is 6.92 Å². The molecule has 2 amide bonds. The summed E-state index contributed by atoms with van der Waals surface area (Å²) in [5, 5.41) is 27.0. The molecule has 1 aromatic heterocycles. The summed E-state index contributed by atoms with van der Waals surface area (Å²) in [4.78, 5) is 37.9. The van der Waals surface area contributed by atoms with E-state index in [2.05, 4.69) is 20.8 Å². The average Bonchev–Trinajstić information content (AvgIpc) is 3.13. The lowest BCUT2D eigenvalue weighted by molar-refractivity contribution is -0.160. The number of methoxy groups -OCH3 is 1. The lowest BCUT2D eigenvalue weighted by atomic mass is 9.81. The number of nitrogens with zero attached hydrogens (tertiary/aromatic N) is 2. The molecule has 1 aromatic rings. The summed E-state index contributed by atoms with van der Waals surface area (Å²) in [6.07, 6.45) is 0.733. The highest BCUT2D eigenvalue weighted by Crippen LogP contribution is 2.29. The molecular formula is C19H30N4O8. The van der Waals surface area contributed by atoms with Gasteiger partial charge in [0.05, 0.1) is 37.3 Å². The van der Waals surface area contributed by atoms with Gasteiger partial charge in [0.15, 0.2) is 5.82 Å². The van der Waals surface area contributed by atoms with Gasteiger partial charge in [-0.3, -0.25) is 14.4 Å². The van der Waals surface area contributed by atoms with Crippen molar-refractivity contribution in [3.05, 3.63) is 11.7 Å². The zero-order valence-electron chi connectivity index (χ0n) is 17.9. The molecule has 4 N–H and O–H groups in total. The van der Waals surface area contributed by atoms with Gasteiger partial charge in [-0.05, 0) is 26.2 Å². The van der Waals surface area contributed by atoms with E-state index in [-0.39, 0.29) is 30.9 Å². The number of ether oxygens (including phenoxy) is 2. The van der Waals surface area contributed by atoms with Gasteiger partial charge in [0.1, 0.15) is 6.61 Å². The van der Waals surface area contributed by atoms with Crippen LogP contribution in [-0.2, 0) is 37.0 Å². The van der Waals surface area contributed by atoms with Crippen LogP contribution in [0.4, 0.5) is 0 Å². The van der Waals surface area contributed by atoms with Crippen molar-refractivity contribution in [1.29, 1.82) is 0 Å². The number of carbonyl (C=O) groups excluding carboxylic acids is 2. The molecule has 12 heteroatoms. The Kier molecular flexibility index (Phi) is 8.89. The Morgan fingerprint density at radius 1 is 1.29 bits per heavy atom. The molecule has 1 saturated carbocycles. The van der Waals surface area contributed by atoms with Gasteiger partial charge < -0.3 is 34.8 Å². The Morgan fingerprint density at radius 3 is 2.55 bits per heavy atom. The van der Waals surface area contributed by atoms with E-state index in [4.69, 9.17) is 23.9 Å². The molecule has 2 aliphatic rings. The van der Waals surface area contributed by atoms with Crippen LogP contribution in [0.1, 0.15) is 44.8 Å². The highest BCUT2D eigenvalue weighted by Gasteiger charge is 2.43. The maximum absolute atomic E-state index is 12.5. The number of hydrogen-bond acceptors (Lipinski definition) is 9. The number of aliphatic hydroxyl groups excluding tert-OH is 1. The maximum Gasteiger partial charge on any atom is 0.300 e. The zero-order valence-corrected chi connectivity index (χ0v) is 17.9. The van der Waals surface area contributed by atoms with Crippen LogP contribution in [-0.4, -0.2) is 70.6 Å². The smallest absolute Gasteiger partial charge is 0.300 e. The van der Waals surface area contributed by atoms with E-state index in [0.29, 0.717) is 44.2 Å². The lowest BCUT2D eigenvalue weighted by Gasteiger charge is -2.40.